The van der Waals surface area contributed by atoms with Gasteiger partial charge in [-0.2, -0.15) is 13.2 Å². The van der Waals surface area contributed by atoms with Crippen LogP contribution in [0.15, 0.2) is 42.5 Å². The van der Waals surface area contributed by atoms with Crippen LogP contribution in [0.25, 0.3) is 0 Å². The Balaban J connectivity index is 2.37. The molecular weight excluding hydrogens is 397 g/mol. The number of alkyl halides is 3. The van der Waals surface area contributed by atoms with Crippen molar-refractivity contribution in [1.82, 2.24) is 5.32 Å². The zero-order valence-corrected chi connectivity index (χ0v) is 13.2. The predicted molar refractivity (Wildman–Crippen MR) is 81.5 cm³/mol. The molecule has 0 spiro atoms. The molecule has 21 heavy (non-hydrogen) atoms. The average Bonchev–Trinajstić information content (AvgIpc) is 2.41. The molecule has 0 bridgehead atoms. The summed E-state index contributed by atoms with van der Waals surface area (Å²) in [6, 6.07) is 9.05. The van der Waals surface area contributed by atoms with E-state index in [1.54, 1.807) is 13.1 Å². The zero-order valence-electron chi connectivity index (χ0n) is 11.0. The van der Waals surface area contributed by atoms with Crippen LogP contribution in [0.2, 0.25) is 0 Å². The summed E-state index contributed by atoms with van der Waals surface area (Å²) in [7, 11) is 1.71. The molecule has 0 aliphatic rings. The van der Waals surface area contributed by atoms with Gasteiger partial charge < -0.3 is 5.32 Å². The van der Waals surface area contributed by atoms with E-state index < -0.39 is 11.7 Å². The second-order valence-electron chi connectivity index (χ2n) is 4.51. The van der Waals surface area contributed by atoms with E-state index in [0.717, 1.165) is 17.7 Å². The second kappa shape index (κ2) is 6.31. The predicted octanol–water partition coefficient (Wildman–Crippen LogP) is 4.76. The van der Waals surface area contributed by atoms with Gasteiger partial charge in [-0.15, -0.1) is 0 Å². The summed E-state index contributed by atoms with van der Waals surface area (Å²) in [6.45, 7) is 0. The van der Waals surface area contributed by atoms with Crippen LogP contribution in [-0.4, -0.2) is 7.05 Å². The molecule has 0 amide bonds. The molecule has 0 aliphatic heterocycles. The van der Waals surface area contributed by atoms with E-state index >= 15 is 0 Å². The van der Waals surface area contributed by atoms with E-state index in [1.165, 1.54) is 24.3 Å². The third-order valence-corrected chi connectivity index (χ3v) is 4.07. The van der Waals surface area contributed by atoms with E-state index in [-0.39, 0.29) is 11.9 Å². The van der Waals surface area contributed by atoms with Gasteiger partial charge in [0.25, 0.3) is 0 Å². The first-order valence-corrected chi connectivity index (χ1v) is 7.20. The molecule has 2 rings (SSSR count). The summed E-state index contributed by atoms with van der Waals surface area (Å²) in [6.07, 6.45) is -4.35. The number of rotatable bonds is 3. The number of hydrogen-bond acceptors (Lipinski definition) is 1. The van der Waals surface area contributed by atoms with Crippen LogP contribution in [0.3, 0.4) is 0 Å². The summed E-state index contributed by atoms with van der Waals surface area (Å²) in [5, 5.41) is 3.04. The molecule has 1 unspecified atom stereocenters. The highest BCUT2D eigenvalue weighted by Crippen LogP contribution is 2.32. The first-order chi connectivity index (χ1) is 9.82. The third-order valence-electron chi connectivity index (χ3n) is 3.13. The first-order valence-electron chi connectivity index (χ1n) is 6.12. The van der Waals surface area contributed by atoms with Gasteiger partial charge in [0.1, 0.15) is 5.82 Å². The molecular formula is C15H12F4IN. The fraction of sp³-hybridized carbons (Fsp3) is 0.200. The van der Waals surface area contributed by atoms with Gasteiger partial charge >= 0.3 is 6.18 Å². The number of halogens is 5. The maximum atomic E-state index is 13.2. The van der Waals surface area contributed by atoms with Crippen LogP contribution < -0.4 is 5.32 Å². The van der Waals surface area contributed by atoms with Gasteiger partial charge in [0.2, 0.25) is 0 Å². The number of nitrogens with one attached hydrogen (secondary N) is 1. The van der Waals surface area contributed by atoms with E-state index in [2.05, 4.69) is 5.32 Å². The molecule has 6 heteroatoms. The van der Waals surface area contributed by atoms with Gasteiger partial charge in [-0.3, -0.25) is 0 Å². The van der Waals surface area contributed by atoms with Crippen molar-refractivity contribution in [1.29, 1.82) is 0 Å². The fourth-order valence-electron chi connectivity index (χ4n) is 2.10. The van der Waals surface area contributed by atoms with Crippen LogP contribution in [0.1, 0.15) is 22.7 Å². The van der Waals surface area contributed by atoms with Gasteiger partial charge in [0.15, 0.2) is 0 Å². The highest BCUT2D eigenvalue weighted by Gasteiger charge is 2.30. The van der Waals surface area contributed by atoms with Crippen LogP contribution >= 0.6 is 22.6 Å². The Morgan fingerprint density at radius 2 is 1.67 bits per heavy atom. The molecule has 1 nitrogen and oxygen atoms in total. The van der Waals surface area contributed by atoms with Crippen molar-refractivity contribution in [2.24, 2.45) is 0 Å². The molecule has 0 saturated heterocycles. The number of benzene rings is 2. The summed E-state index contributed by atoms with van der Waals surface area (Å²) >= 11 is 2.01. The largest absolute Gasteiger partial charge is 0.416 e. The van der Waals surface area contributed by atoms with Gasteiger partial charge in [0, 0.05) is 3.57 Å². The van der Waals surface area contributed by atoms with Gasteiger partial charge in [-0.25, -0.2) is 4.39 Å². The molecule has 112 valence electrons. The van der Waals surface area contributed by atoms with Crippen LogP contribution in [0.4, 0.5) is 17.6 Å². The minimum absolute atomic E-state index is 0.292. The fourth-order valence-corrected chi connectivity index (χ4v) is 2.89. The summed E-state index contributed by atoms with van der Waals surface area (Å²) in [5.74, 6) is -0.342. The minimum atomic E-state index is -4.35. The van der Waals surface area contributed by atoms with E-state index in [1.807, 2.05) is 22.6 Å². The molecule has 0 saturated carbocycles. The lowest BCUT2D eigenvalue weighted by atomic mass is 9.98. The van der Waals surface area contributed by atoms with Crippen LogP contribution in [-0.2, 0) is 6.18 Å². The molecule has 0 aromatic heterocycles. The van der Waals surface area contributed by atoms with Gasteiger partial charge in [0.05, 0.1) is 11.6 Å². The molecule has 0 radical (unpaired) electrons. The van der Waals surface area contributed by atoms with E-state index in [9.17, 15) is 17.6 Å². The Morgan fingerprint density at radius 3 is 2.14 bits per heavy atom. The van der Waals surface area contributed by atoms with E-state index in [0.29, 0.717) is 9.13 Å². The minimum Gasteiger partial charge on any atom is -0.309 e. The summed E-state index contributed by atoms with van der Waals surface area (Å²) < 4.78 is 51.6. The lowest BCUT2D eigenvalue weighted by molar-refractivity contribution is -0.137. The topological polar surface area (TPSA) is 12.0 Å². The molecule has 0 aliphatic carbocycles. The SMILES string of the molecule is CNC(c1ccc(C(F)(F)F)cc1)c1ccc(F)cc1I. The third kappa shape index (κ3) is 3.74. The average molecular weight is 409 g/mol. The number of hydrogen-bond donors (Lipinski definition) is 1. The molecule has 0 fully saturated rings. The molecule has 1 N–H and O–H groups in total. The van der Waals surface area contributed by atoms with Crippen molar-refractivity contribution in [3.05, 3.63) is 68.5 Å². The standard InChI is InChI=1S/C15H12F4IN/c1-21-14(12-7-6-11(16)8-13(12)20)9-2-4-10(5-3-9)15(17,18)19/h2-8,14,21H,1H3. The summed E-state index contributed by atoms with van der Waals surface area (Å²) in [5.41, 5.74) is 0.823. The molecule has 1 atom stereocenters. The van der Waals surface area contributed by atoms with Gasteiger partial charge in [-0.1, -0.05) is 18.2 Å². The second-order valence-corrected chi connectivity index (χ2v) is 5.67. The Bertz CT molecular complexity index is 623. The molecule has 0 heterocycles. The van der Waals surface area contributed by atoms with Crippen molar-refractivity contribution in [3.63, 3.8) is 0 Å². The first kappa shape index (κ1) is 16.2. The monoisotopic (exact) mass is 409 g/mol. The van der Waals surface area contributed by atoms with Crippen molar-refractivity contribution >= 4 is 22.6 Å². The van der Waals surface area contributed by atoms with Gasteiger partial charge in [-0.05, 0) is 65.0 Å². The van der Waals surface area contributed by atoms with Crippen molar-refractivity contribution in [2.45, 2.75) is 12.2 Å². The highest BCUT2D eigenvalue weighted by atomic mass is 127. The maximum absolute atomic E-state index is 13.2. The normalized spacial score (nSPS) is 13.2. The van der Waals surface area contributed by atoms with E-state index in [4.69, 9.17) is 0 Å². The van der Waals surface area contributed by atoms with Crippen LogP contribution in [0.5, 0.6) is 0 Å². The van der Waals surface area contributed by atoms with Crippen molar-refractivity contribution in [3.8, 4) is 0 Å². The molecule has 2 aromatic carbocycles. The summed E-state index contributed by atoms with van der Waals surface area (Å²) in [4.78, 5) is 0. The Kier molecular flexibility index (Phi) is 4.88. The zero-order chi connectivity index (χ0) is 15.6. The smallest absolute Gasteiger partial charge is 0.309 e. The Labute approximate surface area is 133 Å². The lowest BCUT2D eigenvalue weighted by Gasteiger charge is -2.19. The van der Waals surface area contributed by atoms with Crippen LogP contribution in [0, 0.1) is 9.39 Å². The quantitative estimate of drug-likeness (QED) is 0.570. The maximum Gasteiger partial charge on any atom is 0.416 e. The Morgan fingerprint density at radius 1 is 1.05 bits per heavy atom. The van der Waals surface area contributed by atoms with Crippen molar-refractivity contribution in [2.75, 3.05) is 7.05 Å². The molecule has 2 aromatic rings. The highest BCUT2D eigenvalue weighted by molar-refractivity contribution is 14.1. The van der Waals surface area contributed by atoms with Crippen molar-refractivity contribution < 1.29 is 17.6 Å². The Hall–Kier alpha value is -1.15. The lowest BCUT2D eigenvalue weighted by Crippen LogP contribution is -2.19.